The topological polar surface area (TPSA) is 64.8 Å². The number of nitrogens with zero attached hydrogens (tertiary/aromatic N) is 1. The Hall–Kier alpha value is -1.11. The van der Waals surface area contributed by atoms with Gasteiger partial charge in [0.1, 0.15) is 5.75 Å². The van der Waals surface area contributed by atoms with Crippen LogP contribution in [0.5, 0.6) is 5.75 Å². The van der Waals surface area contributed by atoms with Crippen molar-refractivity contribution in [2.24, 2.45) is 5.73 Å². The second kappa shape index (κ2) is 7.77. The predicted molar refractivity (Wildman–Crippen MR) is 84.4 cm³/mol. The second-order valence-electron chi connectivity index (χ2n) is 5.22. The van der Waals surface area contributed by atoms with E-state index in [4.69, 9.17) is 15.2 Å². The smallest absolute Gasteiger partial charge is 0.260 e. The molecule has 0 aromatic heterocycles. The summed E-state index contributed by atoms with van der Waals surface area (Å²) in [5.41, 5.74) is 6.91. The lowest BCUT2D eigenvalue weighted by atomic mass is 10.1. The standard InChI is InChI=1S/C15H21BrN2O3/c1-11(17)8-12-9-13(2-3-14(12)16)21-10-15(19)18-4-6-20-7-5-18/h2-3,9,11H,4-8,10,17H2,1H3. The summed E-state index contributed by atoms with van der Waals surface area (Å²) in [5.74, 6) is 0.686. The zero-order valence-electron chi connectivity index (χ0n) is 12.2. The van der Waals surface area contributed by atoms with Gasteiger partial charge in [0.2, 0.25) is 0 Å². The quantitative estimate of drug-likeness (QED) is 0.869. The fraction of sp³-hybridized carbons (Fsp3) is 0.533. The number of amides is 1. The van der Waals surface area contributed by atoms with Gasteiger partial charge in [0, 0.05) is 23.6 Å². The molecule has 1 amide bonds. The van der Waals surface area contributed by atoms with Crippen molar-refractivity contribution in [2.75, 3.05) is 32.9 Å². The highest BCUT2D eigenvalue weighted by Gasteiger charge is 2.17. The van der Waals surface area contributed by atoms with Crippen LogP contribution in [-0.4, -0.2) is 49.8 Å². The van der Waals surface area contributed by atoms with Crippen molar-refractivity contribution < 1.29 is 14.3 Å². The molecule has 5 nitrogen and oxygen atoms in total. The molecule has 1 aliphatic heterocycles. The minimum absolute atomic E-state index is 0.00467. The molecule has 1 aliphatic rings. The molecule has 2 N–H and O–H groups in total. The third-order valence-corrected chi connectivity index (χ3v) is 4.06. The predicted octanol–water partition coefficient (Wildman–Crippen LogP) is 1.58. The Balaban J connectivity index is 1.91. The number of hydrogen-bond donors (Lipinski definition) is 1. The third kappa shape index (κ3) is 4.98. The summed E-state index contributed by atoms with van der Waals surface area (Å²) in [5, 5.41) is 0. The Bertz CT molecular complexity index is 488. The zero-order chi connectivity index (χ0) is 15.2. The van der Waals surface area contributed by atoms with Crippen LogP contribution in [0.3, 0.4) is 0 Å². The van der Waals surface area contributed by atoms with Crippen LogP contribution in [0.4, 0.5) is 0 Å². The van der Waals surface area contributed by atoms with E-state index in [1.165, 1.54) is 0 Å². The molecule has 1 unspecified atom stereocenters. The van der Waals surface area contributed by atoms with Crippen molar-refractivity contribution in [1.82, 2.24) is 4.90 Å². The van der Waals surface area contributed by atoms with Gasteiger partial charge in [-0.25, -0.2) is 0 Å². The van der Waals surface area contributed by atoms with E-state index in [1.54, 1.807) is 4.90 Å². The van der Waals surface area contributed by atoms with Crippen LogP contribution in [-0.2, 0) is 16.0 Å². The zero-order valence-corrected chi connectivity index (χ0v) is 13.8. The van der Waals surface area contributed by atoms with E-state index in [0.717, 1.165) is 16.5 Å². The Morgan fingerprint density at radius 1 is 1.48 bits per heavy atom. The molecule has 1 atom stereocenters. The van der Waals surface area contributed by atoms with Crippen LogP contribution < -0.4 is 10.5 Å². The Kier molecular flexibility index (Phi) is 6.02. The van der Waals surface area contributed by atoms with E-state index in [1.807, 2.05) is 25.1 Å². The number of ether oxygens (including phenoxy) is 2. The first-order chi connectivity index (χ1) is 10.1. The maximum Gasteiger partial charge on any atom is 0.260 e. The lowest BCUT2D eigenvalue weighted by Gasteiger charge is -2.26. The molecule has 1 saturated heterocycles. The molecule has 0 spiro atoms. The molecule has 0 aliphatic carbocycles. The van der Waals surface area contributed by atoms with E-state index < -0.39 is 0 Å². The fourth-order valence-electron chi connectivity index (χ4n) is 2.19. The number of carbonyl (C=O) groups is 1. The highest BCUT2D eigenvalue weighted by Crippen LogP contribution is 2.23. The highest BCUT2D eigenvalue weighted by molar-refractivity contribution is 9.10. The van der Waals surface area contributed by atoms with Crippen LogP contribution in [0, 0.1) is 0 Å². The SMILES string of the molecule is CC(N)Cc1cc(OCC(=O)N2CCOCC2)ccc1Br. The van der Waals surface area contributed by atoms with Gasteiger partial charge in [-0.1, -0.05) is 15.9 Å². The van der Waals surface area contributed by atoms with Crippen molar-refractivity contribution in [2.45, 2.75) is 19.4 Å². The Morgan fingerprint density at radius 2 is 2.19 bits per heavy atom. The number of hydrogen-bond acceptors (Lipinski definition) is 4. The van der Waals surface area contributed by atoms with Crippen molar-refractivity contribution in [1.29, 1.82) is 0 Å². The van der Waals surface area contributed by atoms with Crippen molar-refractivity contribution in [3.8, 4) is 5.75 Å². The van der Waals surface area contributed by atoms with E-state index in [-0.39, 0.29) is 18.6 Å². The van der Waals surface area contributed by atoms with Gasteiger partial charge in [-0.05, 0) is 37.1 Å². The summed E-state index contributed by atoms with van der Waals surface area (Å²) >= 11 is 3.50. The van der Waals surface area contributed by atoms with Gasteiger partial charge in [0.15, 0.2) is 6.61 Å². The average molecular weight is 357 g/mol. The van der Waals surface area contributed by atoms with E-state index in [0.29, 0.717) is 32.1 Å². The summed E-state index contributed by atoms with van der Waals surface area (Å²) in [6, 6.07) is 5.78. The summed E-state index contributed by atoms with van der Waals surface area (Å²) < 4.78 is 11.8. The molecule has 1 aromatic rings. The van der Waals surface area contributed by atoms with Gasteiger partial charge in [-0.2, -0.15) is 0 Å². The molecule has 1 heterocycles. The van der Waals surface area contributed by atoms with E-state index >= 15 is 0 Å². The summed E-state index contributed by atoms with van der Waals surface area (Å²) in [7, 11) is 0. The Labute approximate surface area is 133 Å². The van der Waals surface area contributed by atoms with Crippen LogP contribution in [0.2, 0.25) is 0 Å². The van der Waals surface area contributed by atoms with Gasteiger partial charge < -0.3 is 20.1 Å². The van der Waals surface area contributed by atoms with Gasteiger partial charge in [-0.3, -0.25) is 4.79 Å². The first-order valence-corrected chi connectivity index (χ1v) is 7.88. The number of rotatable bonds is 5. The number of nitrogens with two attached hydrogens (primary N) is 1. The number of benzene rings is 1. The highest BCUT2D eigenvalue weighted by atomic mass is 79.9. The molecule has 1 aromatic carbocycles. The molecule has 0 radical (unpaired) electrons. The van der Waals surface area contributed by atoms with Crippen LogP contribution in [0.1, 0.15) is 12.5 Å². The van der Waals surface area contributed by atoms with Crippen LogP contribution in [0.25, 0.3) is 0 Å². The first kappa shape index (κ1) is 16.3. The van der Waals surface area contributed by atoms with Crippen molar-refractivity contribution in [3.63, 3.8) is 0 Å². The van der Waals surface area contributed by atoms with Gasteiger partial charge in [0.25, 0.3) is 5.91 Å². The monoisotopic (exact) mass is 356 g/mol. The van der Waals surface area contributed by atoms with E-state index in [9.17, 15) is 4.79 Å². The lowest BCUT2D eigenvalue weighted by Crippen LogP contribution is -2.42. The number of halogens is 1. The van der Waals surface area contributed by atoms with Gasteiger partial charge in [-0.15, -0.1) is 0 Å². The normalized spacial score (nSPS) is 16.6. The summed E-state index contributed by atoms with van der Waals surface area (Å²) in [6.45, 7) is 4.49. The van der Waals surface area contributed by atoms with Crippen molar-refractivity contribution in [3.05, 3.63) is 28.2 Å². The summed E-state index contributed by atoms with van der Waals surface area (Å²) in [6.07, 6.45) is 0.759. The number of morpholine rings is 1. The number of carbonyl (C=O) groups excluding carboxylic acids is 1. The maximum absolute atomic E-state index is 12.0. The lowest BCUT2D eigenvalue weighted by molar-refractivity contribution is -0.137. The van der Waals surface area contributed by atoms with Crippen LogP contribution in [0.15, 0.2) is 22.7 Å². The minimum Gasteiger partial charge on any atom is -0.484 e. The Morgan fingerprint density at radius 3 is 2.86 bits per heavy atom. The average Bonchev–Trinajstić information content (AvgIpc) is 2.48. The summed E-state index contributed by atoms with van der Waals surface area (Å²) in [4.78, 5) is 13.8. The molecular formula is C15H21BrN2O3. The van der Waals surface area contributed by atoms with Gasteiger partial charge >= 0.3 is 0 Å². The molecule has 21 heavy (non-hydrogen) atoms. The van der Waals surface area contributed by atoms with Gasteiger partial charge in [0.05, 0.1) is 13.2 Å². The fourth-order valence-corrected chi connectivity index (χ4v) is 2.60. The first-order valence-electron chi connectivity index (χ1n) is 7.08. The molecule has 1 fully saturated rings. The minimum atomic E-state index is -0.00467. The molecule has 2 rings (SSSR count). The largest absolute Gasteiger partial charge is 0.484 e. The maximum atomic E-state index is 12.0. The molecule has 6 heteroatoms. The molecule has 0 saturated carbocycles. The van der Waals surface area contributed by atoms with E-state index in [2.05, 4.69) is 15.9 Å². The van der Waals surface area contributed by atoms with Crippen molar-refractivity contribution >= 4 is 21.8 Å². The molecular weight excluding hydrogens is 336 g/mol. The third-order valence-electron chi connectivity index (χ3n) is 3.29. The second-order valence-corrected chi connectivity index (χ2v) is 6.07. The molecule has 0 bridgehead atoms. The van der Waals surface area contributed by atoms with Crippen LogP contribution >= 0.6 is 15.9 Å². The molecule has 116 valence electrons.